The van der Waals surface area contributed by atoms with Gasteiger partial charge in [-0.25, -0.2) is 4.57 Å². The molecule has 40 heavy (non-hydrogen) atoms. The van der Waals surface area contributed by atoms with Crippen LogP contribution in [0, 0.1) is 0 Å². The number of hydrogen-bond acceptors (Lipinski definition) is 6. The predicted molar refractivity (Wildman–Crippen MR) is 164 cm³/mol. The van der Waals surface area contributed by atoms with E-state index in [1.165, 1.54) is 109 Å². The van der Waals surface area contributed by atoms with Crippen LogP contribution in [0.3, 0.4) is 0 Å². The number of unbranched alkanes of at least 4 members (excludes halogenated alkanes) is 19. The molecule has 0 spiro atoms. The van der Waals surface area contributed by atoms with Crippen molar-refractivity contribution >= 4 is 13.6 Å². The third-order valence-electron chi connectivity index (χ3n) is 7.25. The molecule has 0 aromatic rings. The molecule has 0 aromatic carbocycles. The van der Waals surface area contributed by atoms with Gasteiger partial charge >= 0.3 is 7.82 Å². The van der Waals surface area contributed by atoms with Crippen LogP contribution < -0.4 is 0 Å². The van der Waals surface area contributed by atoms with Crippen molar-refractivity contribution in [1.82, 2.24) is 0 Å². The van der Waals surface area contributed by atoms with E-state index in [1.54, 1.807) is 0 Å². The Morgan fingerprint density at radius 1 is 0.725 bits per heavy atom. The lowest BCUT2D eigenvalue weighted by atomic mass is 10.0. The molecule has 3 unspecified atom stereocenters. The molecule has 0 aliphatic heterocycles. The number of quaternary nitrogens is 1. The summed E-state index contributed by atoms with van der Waals surface area (Å²) < 4.78 is 22.6. The second-order valence-corrected chi connectivity index (χ2v) is 14.0. The van der Waals surface area contributed by atoms with Crippen LogP contribution in [0.4, 0.5) is 0 Å². The van der Waals surface area contributed by atoms with E-state index >= 15 is 0 Å². The molecule has 8 nitrogen and oxygen atoms in total. The summed E-state index contributed by atoms with van der Waals surface area (Å²) in [5, 5.41) is 18.2. The Bertz CT molecular complexity index is 642. The zero-order chi connectivity index (χ0) is 30.1. The number of nitrogens with zero attached hydrogens (tertiary/aromatic N) is 1. The van der Waals surface area contributed by atoms with E-state index in [0.29, 0.717) is 10.9 Å². The number of carbonyl (C=O) groups excluding carboxylic acids is 1. The first-order valence-electron chi connectivity index (χ1n) is 16.3. The third-order valence-corrected chi connectivity index (χ3v) is 8.25. The second kappa shape index (κ2) is 25.2. The topological polar surface area (TPSA) is 113 Å². The number of likely N-dealkylation sites (N-methyl/N-ethyl adjacent to an activating group) is 1. The van der Waals surface area contributed by atoms with Gasteiger partial charge in [-0.15, -0.1) is 0 Å². The number of rotatable bonds is 30. The average molecular weight is 595 g/mol. The molecule has 0 radical (unpaired) electrons. The van der Waals surface area contributed by atoms with Crippen molar-refractivity contribution < 1.29 is 38.0 Å². The zero-order valence-electron chi connectivity index (χ0n) is 26.5. The lowest BCUT2D eigenvalue weighted by molar-refractivity contribution is -0.872. The van der Waals surface area contributed by atoms with Crippen molar-refractivity contribution in [3.05, 3.63) is 0 Å². The number of phosphoric ester groups is 1. The molecule has 240 valence electrons. The minimum atomic E-state index is -4.54. The Morgan fingerprint density at radius 2 is 1.10 bits per heavy atom. The van der Waals surface area contributed by atoms with Crippen molar-refractivity contribution in [3.8, 4) is 0 Å². The van der Waals surface area contributed by atoms with Crippen LogP contribution in [0.15, 0.2) is 0 Å². The molecule has 0 fully saturated rings. The molecule has 0 amide bonds. The fraction of sp³-hybridized carbons (Fsp3) is 0.968. The lowest BCUT2D eigenvalue weighted by Crippen LogP contribution is -2.45. The van der Waals surface area contributed by atoms with Gasteiger partial charge in [0, 0.05) is 6.42 Å². The maximum atomic E-state index is 12.8. The maximum Gasteiger partial charge on any atom is 0.473 e. The van der Waals surface area contributed by atoms with Crippen LogP contribution in [-0.2, 0) is 18.4 Å². The summed E-state index contributed by atoms with van der Waals surface area (Å²) in [4.78, 5) is 22.7. The summed E-state index contributed by atoms with van der Waals surface area (Å²) in [5.74, 6) is -0.212. The highest BCUT2D eigenvalue weighted by molar-refractivity contribution is 7.47. The first kappa shape index (κ1) is 39.7. The summed E-state index contributed by atoms with van der Waals surface area (Å²) >= 11 is 0. The molecule has 0 bridgehead atoms. The molecule has 9 heteroatoms. The molecule has 3 atom stereocenters. The van der Waals surface area contributed by atoms with E-state index in [-0.39, 0.29) is 12.3 Å². The average Bonchev–Trinajstić information content (AvgIpc) is 2.89. The van der Waals surface area contributed by atoms with E-state index in [1.807, 2.05) is 21.1 Å². The van der Waals surface area contributed by atoms with Crippen molar-refractivity contribution in [1.29, 1.82) is 0 Å². The SMILES string of the molecule is CCCCCCCCCCCCCCCCCCCCCCC(=O)C(C[N+](C)(C)C)OP(=O)(O)OCC(O)CO. The van der Waals surface area contributed by atoms with Crippen molar-refractivity contribution in [2.75, 3.05) is 40.9 Å². The van der Waals surface area contributed by atoms with Crippen molar-refractivity contribution in [3.63, 3.8) is 0 Å². The summed E-state index contributed by atoms with van der Waals surface area (Å²) in [6, 6.07) is 0. The third kappa shape index (κ3) is 26.6. The number of Topliss-reactive ketones (excluding diaryl/α,β-unsaturated/α-hetero) is 1. The van der Waals surface area contributed by atoms with Gasteiger partial charge in [0.25, 0.3) is 0 Å². The Hall–Kier alpha value is -0.340. The molecule has 3 N–H and O–H groups in total. The molecular formula is C31H65NO7P+. The highest BCUT2D eigenvalue weighted by Crippen LogP contribution is 2.45. The van der Waals surface area contributed by atoms with Crippen LogP contribution >= 0.6 is 7.82 Å². The largest absolute Gasteiger partial charge is 0.473 e. The highest BCUT2D eigenvalue weighted by atomic mass is 31.2. The minimum Gasteiger partial charge on any atom is -0.394 e. The van der Waals surface area contributed by atoms with Crippen LogP contribution in [0.2, 0.25) is 0 Å². The van der Waals surface area contributed by atoms with Crippen molar-refractivity contribution in [2.45, 2.75) is 154 Å². The molecule has 0 saturated heterocycles. The minimum absolute atomic E-state index is 0.212. The molecule has 0 heterocycles. The quantitative estimate of drug-likeness (QED) is 0.0453. The van der Waals surface area contributed by atoms with E-state index in [9.17, 15) is 19.4 Å². The zero-order valence-corrected chi connectivity index (χ0v) is 27.4. The van der Waals surface area contributed by atoms with Gasteiger partial charge in [0.1, 0.15) is 12.6 Å². The first-order chi connectivity index (χ1) is 19.0. The Labute approximate surface area is 246 Å². The number of hydrogen-bond donors (Lipinski definition) is 3. The van der Waals surface area contributed by atoms with E-state index in [2.05, 4.69) is 6.92 Å². The fourth-order valence-electron chi connectivity index (χ4n) is 4.83. The van der Waals surface area contributed by atoms with Gasteiger partial charge < -0.3 is 19.6 Å². The lowest BCUT2D eigenvalue weighted by Gasteiger charge is -2.29. The van der Waals surface area contributed by atoms with Gasteiger partial charge in [-0.05, 0) is 6.42 Å². The molecule has 0 saturated carbocycles. The predicted octanol–water partition coefficient (Wildman–Crippen LogP) is 7.33. The Balaban J connectivity index is 3.83. The molecule has 0 aromatic heterocycles. The van der Waals surface area contributed by atoms with E-state index in [0.717, 1.165) is 19.3 Å². The summed E-state index contributed by atoms with van der Waals surface area (Å²) in [5.41, 5.74) is 0. The fourth-order valence-corrected chi connectivity index (χ4v) is 5.76. The first-order valence-corrected chi connectivity index (χ1v) is 17.8. The summed E-state index contributed by atoms with van der Waals surface area (Å²) in [6.07, 6.45) is 23.9. The normalized spacial score (nSPS) is 15.2. The Morgan fingerprint density at radius 3 is 1.45 bits per heavy atom. The maximum absolute atomic E-state index is 12.8. The molecule has 0 aliphatic rings. The van der Waals surface area contributed by atoms with E-state index < -0.39 is 33.2 Å². The number of ketones is 1. The monoisotopic (exact) mass is 594 g/mol. The number of phosphoric acid groups is 1. The highest BCUT2D eigenvalue weighted by Gasteiger charge is 2.34. The van der Waals surface area contributed by atoms with Gasteiger partial charge in [-0.2, -0.15) is 0 Å². The van der Waals surface area contributed by atoms with Crippen LogP contribution in [0.25, 0.3) is 0 Å². The van der Waals surface area contributed by atoms with Gasteiger partial charge in [-0.3, -0.25) is 13.8 Å². The number of carbonyl (C=O) groups is 1. The molecule has 0 aliphatic carbocycles. The second-order valence-electron chi connectivity index (χ2n) is 12.6. The summed E-state index contributed by atoms with van der Waals surface area (Å²) in [7, 11) is 1.09. The van der Waals surface area contributed by atoms with Crippen LogP contribution in [-0.4, -0.2) is 78.5 Å². The van der Waals surface area contributed by atoms with Gasteiger partial charge in [-0.1, -0.05) is 129 Å². The van der Waals surface area contributed by atoms with Crippen LogP contribution in [0.1, 0.15) is 142 Å². The van der Waals surface area contributed by atoms with Crippen molar-refractivity contribution in [2.24, 2.45) is 0 Å². The summed E-state index contributed by atoms with van der Waals surface area (Å²) in [6.45, 7) is 1.36. The smallest absolute Gasteiger partial charge is 0.394 e. The molecular weight excluding hydrogens is 529 g/mol. The Kier molecular flexibility index (Phi) is 25.0. The molecule has 0 rings (SSSR count). The number of aliphatic hydroxyl groups is 2. The van der Waals surface area contributed by atoms with Gasteiger partial charge in [0.15, 0.2) is 11.9 Å². The van der Waals surface area contributed by atoms with Gasteiger partial charge in [0.05, 0.1) is 34.4 Å². The number of aliphatic hydroxyl groups excluding tert-OH is 2. The van der Waals surface area contributed by atoms with Gasteiger partial charge in [0.2, 0.25) is 0 Å². The standard InChI is InChI=1S/C31H64NO7P/c1-5-6-7-8-9-10-11-12-13-14-15-16-17-18-19-20-21-22-23-24-25-30(35)31(26-32(2,3)4)39-40(36,37)38-28-29(34)27-33/h29,31,33-34H,5-28H2,1-4H3/p+1. The van der Waals surface area contributed by atoms with Crippen LogP contribution in [0.5, 0.6) is 0 Å². The van der Waals surface area contributed by atoms with E-state index in [4.69, 9.17) is 14.2 Å².